The molecule has 25 heavy (non-hydrogen) atoms. The minimum Gasteiger partial charge on any atom is -0.489 e. The van der Waals surface area contributed by atoms with Gasteiger partial charge in [0.2, 0.25) is 0 Å². The lowest BCUT2D eigenvalue weighted by Crippen LogP contribution is -2.14. The smallest absolute Gasteiger partial charge is 0.270 e. The van der Waals surface area contributed by atoms with E-state index in [0.717, 1.165) is 0 Å². The van der Waals surface area contributed by atoms with Crippen molar-refractivity contribution in [3.05, 3.63) is 63.2 Å². The van der Waals surface area contributed by atoms with Crippen molar-refractivity contribution in [3.63, 3.8) is 0 Å². The fourth-order valence-electron chi connectivity index (χ4n) is 2.60. The Hall–Kier alpha value is -2.93. The van der Waals surface area contributed by atoms with Crippen molar-refractivity contribution >= 4 is 11.5 Å². The molecule has 7 nitrogen and oxygen atoms in total. The highest BCUT2D eigenvalue weighted by Gasteiger charge is 2.21. The van der Waals surface area contributed by atoms with Gasteiger partial charge < -0.3 is 14.2 Å². The molecule has 0 aliphatic carbocycles. The van der Waals surface area contributed by atoms with Gasteiger partial charge in [-0.1, -0.05) is 6.92 Å². The van der Waals surface area contributed by atoms with E-state index in [-0.39, 0.29) is 31.5 Å². The number of fused-ring (bicyclic) bond motifs is 1. The first-order chi connectivity index (χ1) is 12.1. The Labute approximate surface area is 144 Å². The number of rotatable bonds is 6. The molecule has 0 saturated heterocycles. The number of carbonyl (C=O) groups excluding carboxylic acids is 1. The molecular weight excluding hydrogens is 326 g/mol. The molecule has 0 radical (unpaired) electrons. The number of nitro groups is 1. The highest BCUT2D eigenvalue weighted by atomic mass is 16.7. The molecule has 1 aliphatic rings. The molecule has 0 bridgehead atoms. The molecule has 0 N–H and O–H groups in total. The van der Waals surface area contributed by atoms with Crippen LogP contribution < -0.4 is 9.47 Å². The Morgan fingerprint density at radius 3 is 2.72 bits per heavy atom. The SMILES string of the molecule is CCC(=O)c1ccc(OCc2cc([N+](=O)[O-])cc3c2OCOC3)cc1. The standard InChI is InChI=1S/C18H17NO6/c1-2-17(20)12-3-5-16(6-4-12)24-10-14-8-15(19(21)22)7-13-9-23-11-25-18(13)14/h3-8H,2,9-11H2,1H3. The van der Waals surface area contributed by atoms with E-state index in [9.17, 15) is 14.9 Å². The second kappa shape index (κ2) is 7.31. The van der Waals surface area contributed by atoms with Gasteiger partial charge >= 0.3 is 0 Å². The van der Waals surface area contributed by atoms with Crippen LogP contribution >= 0.6 is 0 Å². The van der Waals surface area contributed by atoms with E-state index in [0.29, 0.717) is 34.6 Å². The molecular formula is C18H17NO6. The number of Topliss-reactive ketones (excluding diaryl/α,β-unsaturated/α-hetero) is 1. The average molecular weight is 343 g/mol. The highest BCUT2D eigenvalue weighted by Crippen LogP contribution is 2.33. The van der Waals surface area contributed by atoms with Crippen LogP contribution in [-0.4, -0.2) is 17.5 Å². The van der Waals surface area contributed by atoms with E-state index in [1.165, 1.54) is 12.1 Å². The zero-order valence-electron chi connectivity index (χ0n) is 13.7. The van der Waals surface area contributed by atoms with Gasteiger partial charge in [0.1, 0.15) is 18.1 Å². The number of carbonyl (C=O) groups is 1. The molecule has 0 atom stereocenters. The topological polar surface area (TPSA) is 87.9 Å². The Balaban J connectivity index is 1.79. The molecule has 2 aromatic carbocycles. The summed E-state index contributed by atoms with van der Waals surface area (Å²) in [7, 11) is 0. The lowest BCUT2D eigenvalue weighted by atomic mass is 10.1. The summed E-state index contributed by atoms with van der Waals surface area (Å²) in [6, 6.07) is 9.71. The van der Waals surface area contributed by atoms with Crippen molar-refractivity contribution in [1.82, 2.24) is 0 Å². The van der Waals surface area contributed by atoms with E-state index >= 15 is 0 Å². The molecule has 1 heterocycles. The number of ether oxygens (including phenoxy) is 3. The number of ketones is 1. The van der Waals surface area contributed by atoms with Crippen molar-refractivity contribution in [2.45, 2.75) is 26.6 Å². The van der Waals surface area contributed by atoms with Crippen molar-refractivity contribution in [2.75, 3.05) is 6.79 Å². The van der Waals surface area contributed by atoms with E-state index in [4.69, 9.17) is 14.2 Å². The third kappa shape index (κ3) is 3.77. The first kappa shape index (κ1) is 16.9. The van der Waals surface area contributed by atoms with Crippen molar-refractivity contribution in [1.29, 1.82) is 0 Å². The highest BCUT2D eigenvalue weighted by molar-refractivity contribution is 5.95. The summed E-state index contributed by atoms with van der Waals surface area (Å²) in [5.74, 6) is 1.20. The van der Waals surface area contributed by atoms with E-state index in [1.807, 2.05) is 6.92 Å². The quantitative estimate of drug-likeness (QED) is 0.452. The average Bonchev–Trinajstić information content (AvgIpc) is 2.65. The molecule has 7 heteroatoms. The molecule has 0 saturated carbocycles. The van der Waals surface area contributed by atoms with E-state index in [2.05, 4.69) is 0 Å². The summed E-state index contributed by atoms with van der Waals surface area (Å²) in [4.78, 5) is 22.3. The van der Waals surface area contributed by atoms with Crippen LogP contribution in [0.25, 0.3) is 0 Å². The van der Waals surface area contributed by atoms with E-state index < -0.39 is 4.92 Å². The van der Waals surface area contributed by atoms with Crippen LogP contribution in [0.5, 0.6) is 11.5 Å². The van der Waals surface area contributed by atoms with Crippen LogP contribution in [0.2, 0.25) is 0 Å². The molecule has 0 fully saturated rings. The van der Waals surface area contributed by atoms with E-state index in [1.54, 1.807) is 24.3 Å². The van der Waals surface area contributed by atoms with Crippen LogP contribution in [0.3, 0.4) is 0 Å². The van der Waals surface area contributed by atoms with Gasteiger partial charge in [0.25, 0.3) is 5.69 Å². The summed E-state index contributed by atoms with van der Waals surface area (Å²) in [5, 5.41) is 11.1. The predicted octanol–water partition coefficient (Wildman–Crippen LogP) is 3.63. The van der Waals surface area contributed by atoms with Crippen LogP contribution in [0, 0.1) is 10.1 Å². The number of hydrogen-bond donors (Lipinski definition) is 0. The maximum Gasteiger partial charge on any atom is 0.270 e. The molecule has 0 spiro atoms. The summed E-state index contributed by atoms with van der Waals surface area (Å²) in [6.45, 7) is 2.29. The van der Waals surface area contributed by atoms with Crippen LogP contribution in [-0.2, 0) is 18.0 Å². The first-order valence-corrected chi connectivity index (χ1v) is 7.85. The molecule has 3 rings (SSSR count). The molecule has 0 aromatic heterocycles. The zero-order valence-corrected chi connectivity index (χ0v) is 13.7. The van der Waals surface area contributed by atoms with Gasteiger partial charge in [0.05, 0.1) is 11.5 Å². The molecule has 1 aliphatic heterocycles. The van der Waals surface area contributed by atoms with Crippen molar-refractivity contribution in [3.8, 4) is 11.5 Å². The minimum atomic E-state index is -0.455. The number of hydrogen-bond acceptors (Lipinski definition) is 6. The predicted molar refractivity (Wildman–Crippen MR) is 88.8 cm³/mol. The lowest BCUT2D eigenvalue weighted by molar-refractivity contribution is -0.385. The molecule has 0 amide bonds. The lowest BCUT2D eigenvalue weighted by Gasteiger charge is -2.20. The van der Waals surface area contributed by atoms with Crippen LogP contribution in [0.1, 0.15) is 34.8 Å². The second-order valence-corrected chi connectivity index (χ2v) is 5.55. The largest absolute Gasteiger partial charge is 0.489 e. The van der Waals surface area contributed by atoms with Crippen molar-refractivity contribution in [2.24, 2.45) is 0 Å². The first-order valence-electron chi connectivity index (χ1n) is 7.85. The van der Waals surface area contributed by atoms with Gasteiger partial charge in [-0.15, -0.1) is 0 Å². The van der Waals surface area contributed by atoms with Crippen LogP contribution in [0.4, 0.5) is 5.69 Å². The number of nitro benzene ring substituents is 1. The Morgan fingerprint density at radius 2 is 2.04 bits per heavy atom. The minimum absolute atomic E-state index is 0.0321. The van der Waals surface area contributed by atoms with Crippen molar-refractivity contribution < 1.29 is 23.9 Å². The summed E-state index contributed by atoms with van der Waals surface area (Å²) in [6.07, 6.45) is 0.444. The van der Waals surface area contributed by atoms with Gasteiger partial charge in [-0.25, -0.2) is 0 Å². The fourth-order valence-corrected chi connectivity index (χ4v) is 2.60. The molecule has 0 unspecified atom stereocenters. The normalized spacial score (nSPS) is 12.8. The second-order valence-electron chi connectivity index (χ2n) is 5.55. The summed E-state index contributed by atoms with van der Waals surface area (Å²) < 4.78 is 16.4. The molecule has 130 valence electrons. The Morgan fingerprint density at radius 1 is 1.28 bits per heavy atom. The van der Waals surface area contributed by atoms with Gasteiger partial charge in [-0.3, -0.25) is 14.9 Å². The third-order valence-electron chi connectivity index (χ3n) is 3.87. The summed E-state index contributed by atoms with van der Waals surface area (Å²) >= 11 is 0. The zero-order chi connectivity index (χ0) is 17.8. The third-order valence-corrected chi connectivity index (χ3v) is 3.87. The number of non-ortho nitro benzene ring substituents is 1. The fraction of sp³-hybridized carbons (Fsp3) is 0.278. The maximum absolute atomic E-state index is 11.6. The maximum atomic E-state index is 11.6. The number of benzene rings is 2. The van der Waals surface area contributed by atoms with Crippen LogP contribution in [0.15, 0.2) is 36.4 Å². The van der Waals surface area contributed by atoms with Gasteiger partial charge in [-0.05, 0) is 24.3 Å². The Bertz CT molecular complexity index is 800. The van der Waals surface area contributed by atoms with Gasteiger partial charge in [0.15, 0.2) is 12.6 Å². The van der Waals surface area contributed by atoms with Gasteiger partial charge in [0, 0.05) is 35.2 Å². The summed E-state index contributed by atoms with van der Waals surface area (Å²) in [5.41, 5.74) is 1.81. The van der Waals surface area contributed by atoms with Gasteiger partial charge in [-0.2, -0.15) is 0 Å². The Kier molecular flexibility index (Phi) is 4.95. The monoisotopic (exact) mass is 343 g/mol. The number of nitrogens with zero attached hydrogens (tertiary/aromatic N) is 1. The molecule has 2 aromatic rings.